The number of hydrogen-bond donors (Lipinski definition) is 0. The van der Waals surface area contributed by atoms with E-state index in [-0.39, 0.29) is 38.4 Å². The molecule has 2 aliphatic heterocycles. The molecule has 0 unspecified atom stereocenters. The van der Waals surface area contributed by atoms with Crippen LogP contribution in [0.15, 0.2) is 23.1 Å². The normalized spacial score (nSPS) is 18.6. The molecular weight excluding hydrogens is 414 g/mol. The second-order valence-electron chi connectivity index (χ2n) is 6.76. The van der Waals surface area contributed by atoms with Gasteiger partial charge in [0, 0.05) is 31.7 Å². The molecule has 0 amide bonds. The summed E-state index contributed by atoms with van der Waals surface area (Å²) in [6, 6.07) is 3.26. The Hall–Kier alpha value is -2.40. The predicted octanol–water partition coefficient (Wildman–Crippen LogP) is 2.27. The molecule has 0 radical (unpaired) electrons. The van der Waals surface area contributed by atoms with Crippen LogP contribution in [0.1, 0.15) is 5.56 Å². The van der Waals surface area contributed by atoms with Gasteiger partial charge in [-0.2, -0.15) is 9.37 Å². The highest BCUT2D eigenvalue weighted by atomic mass is 32.2. The van der Waals surface area contributed by atoms with Gasteiger partial charge >= 0.3 is 0 Å². The lowest BCUT2D eigenvalue weighted by atomic mass is 10.1. The van der Waals surface area contributed by atoms with Crippen LogP contribution < -0.4 is 9.80 Å². The van der Waals surface area contributed by atoms with Gasteiger partial charge in [-0.05, 0) is 12.1 Å². The van der Waals surface area contributed by atoms with Crippen LogP contribution in [-0.2, 0) is 21.1 Å². The molecule has 0 spiro atoms. The molecule has 0 atom stereocenters. The maximum atomic E-state index is 15.2. The fraction of sp³-hybridized carbons (Fsp3) is 0.389. The van der Waals surface area contributed by atoms with Gasteiger partial charge in [-0.1, -0.05) is 6.07 Å². The summed E-state index contributed by atoms with van der Waals surface area (Å²) in [5.41, 5.74) is -0.969. The first kappa shape index (κ1) is 19.9. The van der Waals surface area contributed by atoms with Crippen molar-refractivity contribution in [3.63, 3.8) is 0 Å². The number of morpholine rings is 1. The van der Waals surface area contributed by atoms with E-state index in [1.54, 1.807) is 0 Å². The highest BCUT2D eigenvalue weighted by Gasteiger charge is 2.38. The lowest BCUT2D eigenvalue weighted by Gasteiger charge is -2.34. The number of sulfone groups is 1. The van der Waals surface area contributed by atoms with Gasteiger partial charge in [0.15, 0.2) is 21.5 Å². The fourth-order valence-corrected chi connectivity index (χ4v) is 5.05. The van der Waals surface area contributed by atoms with Gasteiger partial charge < -0.3 is 14.5 Å². The van der Waals surface area contributed by atoms with Gasteiger partial charge in [-0.25, -0.2) is 21.6 Å². The predicted molar refractivity (Wildman–Crippen MR) is 96.6 cm³/mol. The van der Waals surface area contributed by atoms with Crippen LogP contribution in [0.2, 0.25) is 0 Å². The summed E-state index contributed by atoms with van der Waals surface area (Å²) >= 11 is 0. The summed E-state index contributed by atoms with van der Waals surface area (Å²) in [7, 11) is -4.14. The van der Waals surface area contributed by atoms with Crippen molar-refractivity contribution in [2.75, 3.05) is 48.4 Å². The molecule has 156 valence electrons. The minimum atomic E-state index is -4.14. The highest BCUT2D eigenvalue weighted by molar-refractivity contribution is 7.91. The van der Waals surface area contributed by atoms with Gasteiger partial charge in [-0.3, -0.25) is 0 Å². The topological polar surface area (TPSA) is 62.7 Å². The Labute approximate surface area is 164 Å². The van der Waals surface area contributed by atoms with Crippen LogP contribution in [0.3, 0.4) is 0 Å². The average Bonchev–Trinajstić information content (AvgIpc) is 2.69. The summed E-state index contributed by atoms with van der Waals surface area (Å²) < 4.78 is 88.5. The molecule has 1 fully saturated rings. The van der Waals surface area contributed by atoms with Crippen LogP contribution >= 0.6 is 0 Å². The molecule has 3 heterocycles. The first-order chi connectivity index (χ1) is 13.8. The van der Waals surface area contributed by atoms with Gasteiger partial charge in [0.05, 0.1) is 19.0 Å². The Bertz CT molecular complexity index is 1040. The number of fused-ring (bicyclic) bond motifs is 1. The zero-order valence-electron chi connectivity index (χ0n) is 15.2. The molecule has 11 heteroatoms. The molecule has 0 saturated carbocycles. The molecule has 1 aromatic carbocycles. The Morgan fingerprint density at radius 2 is 1.69 bits per heavy atom. The summed E-state index contributed by atoms with van der Waals surface area (Å²) in [6.45, 7) is 0.281. The summed E-state index contributed by atoms with van der Waals surface area (Å²) in [6.07, 6.45) is 0. The van der Waals surface area contributed by atoms with Gasteiger partial charge in [-0.15, -0.1) is 0 Å². The number of aromatic nitrogens is 1. The molecular formula is C18H17F4N3O3S. The molecule has 6 nitrogen and oxygen atoms in total. The van der Waals surface area contributed by atoms with E-state index in [0.717, 1.165) is 17.0 Å². The van der Waals surface area contributed by atoms with E-state index in [2.05, 4.69) is 4.98 Å². The van der Waals surface area contributed by atoms with Crippen LogP contribution in [0.4, 0.5) is 29.1 Å². The molecule has 1 saturated heterocycles. The number of halogens is 4. The molecule has 4 rings (SSSR count). The molecule has 0 bridgehead atoms. The second-order valence-corrected chi connectivity index (χ2v) is 8.80. The van der Waals surface area contributed by atoms with Gasteiger partial charge in [0.2, 0.25) is 5.95 Å². The molecule has 2 aromatic rings. The minimum Gasteiger partial charge on any atom is -0.378 e. The van der Waals surface area contributed by atoms with E-state index in [1.807, 2.05) is 0 Å². The standard InChI is InChI=1S/C18H17F4N3O3S/c19-12-2-1-3-13(20)11(12)10-25-6-9-29(26,27)16-14(21)18(23-17(22)15(16)25)24-4-7-28-8-5-24/h1-3H,4-10H2. The maximum absolute atomic E-state index is 15.2. The third-order valence-electron chi connectivity index (χ3n) is 4.99. The zero-order chi connectivity index (χ0) is 20.8. The maximum Gasteiger partial charge on any atom is 0.239 e. The molecule has 29 heavy (non-hydrogen) atoms. The lowest BCUT2D eigenvalue weighted by molar-refractivity contribution is 0.122. The van der Waals surface area contributed by atoms with Crippen LogP contribution in [0.25, 0.3) is 0 Å². The summed E-state index contributed by atoms with van der Waals surface area (Å²) in [5.74, 6) is -5.02. The van der Waals surface area contributed by atoms with Crippen molar-refractivity contribution in [1.82, 2.24) is 4.98 Å². The highest BCUT2D eigenvalue weighted by Crippen LogP contribution is 2.39. The zero-order valence-corrected chi connectivity index (χ0v) is 16.0. The van der Waals surface area contributed by atoms with Crippen molar-refractivity contribution >= 4 is 21.3 Å². The van der Waals surface area contributed by atoms with E-state index in [9.17, 15) is 21.6 Å². The summed E-state index contributed by atoms with van der Waals surface area (Å²) in [5, 5.41) is 0. The monoisotopic (exact) mass is 431 g/mol. The van der Waals surface area contributed by atoms with E-state index in [4.69, 9.17) is 4.74 Å². The van der Waals surface area contributed by atoms with E-state index in [1.165, 1.54) is 11.0 Å². The number of hydrogen-bond acceptors (Lipinski definition) is 6. The van der Waals surface area contributed by atoms with Crippen molar-refractivity contribution in [3.05, 3.63) is 47.2 Å². The third-order valence-corrected chi connectivity index (χ3v) is 6.70. The largest absolute Gasteiger partial charge is 0.378 e. The third kappa shape index (κ3) is 3.52. The number of rotatable bonds is 3. The Balaban J connectivity index is 1.82. The van der Waals surface area contributed by atoms with Crippen molar-refractivity contribution < 1.29 is 30.7 Å². The van der Waals surface area contributed by atoms with Gasteiger partial charge in [0.1, 0.15) is 22.2 Å². The Morgan fingerprint density at radius 1 is 1.03 bits per heavy atom. The van der Waals surface area contributed by atoms with E-state index >= 15 is 4.39 Å². The smallest absolute Gasteiger partial charge is 0.239 e. The second kappa shape index (κ2) is 7.45. The van der Waals surface area contributed by atoms with Crippen LogP contribution in [0.5, 0.6) is 0 Å². The van der Waals surface area contributed by atoms with Crippen LogP contribution in [0, 0.1) is 23.4 Å². The quantitative estimate of drug-likeness (QED) is 0.549. The minimum absolute atomic E-state index is 0.229. The number of anilines is 2. The SMILES string of the molecule is O=S1(=O)CCN(Cc2c(F)cccc2F)c2c(F)nc(N3CCOCC3)c(F)c21. The van der Waals surface area contributed by atoms with Crippen molar-refractivity contribution in [2.24, 2.45) is 0 Å². The Morgan fingerprint density at radius 3 is 2.34 bits per heavy atom. The lowest BCUT2D eigenvalue weighted by Crippen LogP contribution is -2.40. The fourth-order valence-electron chi connectivity index (χ4n) is 3.51. The molecule has 1 aromatic heterocycles. The molecule has 0 N–H and O–H groups in total. The number of benzene rings is 1. The summed E-state index contributed by atoms with van der Waals surface area (Å²) in [4.78, 5) is 5.34. The van der Waals surface area contributed by atoms with E-state index < -0.39 is 61.9 Å². The van der Waals surface area contributed by atoms with Gasteiger partial charge in [0.25, 0.3) is 0 Å². The molecule has 2 aliphatic rings. The Kier molecular flexibility index (Phi) is 5.11. The molecule has 0 aliphatic carbocycles. The first-order valence-electron chi connectivity index (χ1n) is 8.92. The van der Waals surface area contributed by atoms with Crippen molar-refractivity contribution in [3.8, 4) is 0 Å². The van der Waals surface area contributed by atoms with Crippen molar-refractivity contribution in [1.29, 1.82) is 0 Å². The van der Waals surface area contributed by atoms with E-state index in [0.29, 0.717) is 0 Å². The number of nitrogens with zero attached hydrogens (tertiary/aromatic N) is 3. The number of pyridine rings is 1. The number of ether oxygens (including phenoxy) is 1. The average molecular weight is 431 g/mol. The first-order valence-corrected chi connectivity index (χ1v) is 10.6. The van der Waals surface area contributed by atoms with Crippen LogP contribution in [-0.4, -0.2) is 52.0 Å². The van der Waals surface area contributed by atoms with Crippen molar-refractivity contribution in [2.45, 2.75) is 11.4 Å².